The van der Waals surface area contributed by atoms with Gasteiger partial charge in [-0.1, -0.05) is 31.9 Å². The Hall–Kier alpha value is -1.37. The molecule has 1 fully saturated rings. The predicted octanol–water partition coefficient (Wildman–Crippen LogP) is 2.88. The lowest BCUT2D eigenvalue weighted by Crippen LogP contribution is -2.63. The van der Waals surface area contributed by atoms with Gasteiger partial charge in [-0.15, -0.1) is 0 Å². The third kappa shape index (κ3) is 2.48. The zero-order valence-electron chi connectivity index (χ0n) is 14.5. The van der Waals surface area contributed by atoms with Crippen molar-refractivity contribution < 1.29 is 25.5 Å². The third-order valence-corrected chi connectivity index (χ3v) is 5.58. The summed E-state index contributed by atoms with van der Waals surface area (Å²) in [5.41, 5.74) is -2.44. The minimum absolute atomic E-state index is 0.0509. The smallest absolute Gasteiger partial charge is 0.180 e. The molecule has 0 aliphatic heterocycles. The van der Waals surface area contributed by atoms with Crippen LogP contribution in [0, 0.1) is 5.92 Å². The fourth-order valence-corrected chi connectivity index (χ4v) is 4.06. The van der Waals surface area contributed by atoms with Gasteiger partial charge in [-0.25, -0.2) is 0 Å². The monoisotopic (exact) mass is 359 g/mol. The first-order chi connectivity index (χ1) is 11.0. The number of hydrogen-bond acceptors (Lipinski definition) is 6. The number of aromatic hydroxyl groups is 4. The number of aliphatic hydroxyl groups is 1. The Morgan fingerprint density at radius 2 is 1.50 bits per heavy atom. The average molecular weight is 360 g/mol. The number of benzene rings is 1. The van der Waals surface area contributed by atoms with Crippen molar-refractivity contribution in [1.82, 2.24) is 4.90 Å². The van der Waals surface area contributed by atoms with E-state index in [0.29, 0.717) is 19.3 Å². The summed E-state index contributed by atoms with van der Waals surface area (Å²) in [6.07, 6.45) is 2.17. The molecule has 1 unspecified atom stereocenters. The molecular weight excluding hydrogens is 334 g/mol. The van der Waals surface area contributed by atoms with E-state index in [1.807, 2.05) is 13.8 Å². The second-order valence-electron chi connectivity index (χ2n) is 7.33. The molecular formula is C17H26ClNO5. The molecule has 0 radical (unpaired) electrons. The number of phenolic OH excluding ortho intramolecular Hbond substituents is 4. The molecule has 1 atom stereocenters. The van der Waals surface area contributed by atoms with Crippen molar-refractivity contribution in [3.63, 3.8) is 0 Å². The molecule has 0 heterocycles. The lowest BCUT2D eigenvalue weighted by atomic mass is 9.56. The van der Waals surface area contributed by atoms with Crippen LogP contribution in [0.2, 0.25) is 5.02 Å². The van der Waals surface area contributed by atoms with Crippen LogP contribution in [-0.2, 0) is 5.41 Å². The molecule has 1 saturated carbocycles. The number of phenols is 4. The molecule has 1 aromatic carbocycles. The van der Waals surface area contributed by atoms with Gasteiger partial charge in [0.25, 0.3) is 0 Å². The van der Waals surface area contributed by atoms with Crippen LogP contribution in [0.4, 0.5) is 0 Å². The van der Waals surface area contributed by atoms with Gasteiger partial charge in [0, 0.05) is 5.41 Å². The summed E-state index contributed by atoms with van der Waals surface area (Å²) in [7, 11) is 3.46. The zero-order valence-corrected chi connectivity index (χ0v) is 15.2. The van der Waals surface area contributed by atoms with E-state index in [2.05, 4.69) is 0 Å². The van der Waals surface area contributed by atoms with Gasteiger partial charge >= 0.3 is 0 Å². The average Bonchev–Trinajstić information content (AvgIpc) is 2.44. The van der Waals surface area contributed by atoms with Crippen molar-refractivity contribution in [3.8, 4) is 23.0 Å². The van der Waals surface area contributed by atoms with E-state index < -0.39 is 39.2 Å². The summed E-state index contributed by atoms with van der Waals surface area (Å²) in [4.78, 5) is 1.66. The first-order valence-corrected chi connectivity index (χ1v) is 8.43. The van der Waals surface area contributed by atoms with E-state index in [-0.39, 0.29) is 11.5 Å². The van der Waals surface area contributed by atoms with Gasteiger partial charge in [-0.05, 0) is 39.3 Å². The Labute approximate surface area is 146 Å². The van der Waals surface area contributed by atoms with Gasteiger partial charge in [-0.3, -0.25) is 4.90 Å². The first-order valence-electron chi connectivity index (χ1n) is 8.05. The van der Waals surface area contributed by atoms with E-state index in [1.165, 1.54) is 0 Å². The maximum absolute atomic E-state index is 11.5. The molecule has 0 saturated heterocycles. The highest BCUT2D eigenvalue weighted by atomic mass is 35.5. The quantitative estimate of drug-likeness (QED) is 0.314. The molecule has 0 aromatic heterocycles. The molecule has 2 rings (SSSR count). The summed E-state index contributed by atoms with van der Waals surface area (Å²) < 4.78 is 0. The van der Waals surface area contributed by atoms with Crippen molar-refractivity contribution >= 4 is 11.6 Å². The van der Waals surface area contributed by atoms with E-state index >= 15 is 0 Å². The highest BCUT2D eigenvalue weighted by Crippen LogP contribution is 2.62. The number of likely N-dealkylation sites (N-methyl/N-ethyl adjacent to an activating group) is 1. The number of rotatable bonds is 5. The van der Waals surface area contributed by atoms with Crippen molar-refractivity contribution in [3.05, 3.63) is 10.6 Å². The Morgan fingerprint density at radius 3 is 1.79 bits per heavy atom. The Bertz CT molecular complexity index is 613. The highest BCUT2D eigenvalue weighted by Gasteiger charge is 2.59. The minimum Gasteiger partial charge on any atom is -0.504 e. The van der Waals surface area contributed by atoms with Crippen LogP contribution < -0.4 is 0 Å². The summed E-state index contributed by atoms with van der Waals surface area (Å²) in [6, 6.07) is 0. The van der Waals surface area contributed by atoms with E-state index in [1.54, 1.807) is 19.0 Å². The van der Waals surface area contributed by atoms with Gasteiger partial charge in [0.1, 0.15) is 10.7 Å². The molecule has 1 aromatic rings. The summed E-state index contributed by atoms with van der Waals surface area (Å²) in [5.74, 6) is -2.44. The van der Waals surface area contributed by atoms with Crippen LogP contribution in [0.3, 0.4) is 0 Å². The molecule has 5 N–H and O–H groups in total. The fourth-order valence-electron chi connectivity index (χ4n) is 3.88. The van der Waals surface area contributed by atoms with E-state index in [4.69, 9.17) is 11.6 Å². The van der Waals surface area contributed by atoms with Crippen LogP contribution >= 0.6 is 11.6 Å². The van der Waals surface area contributed by atoms with Crippen LogP contribution in [0.1, 0.15) is 45.1 Å². The summed E-state index contributed by atoms with van der Waals surface area (Å²) in [5, 5.41) is 51.9. The van der Waals surface area contributed by atoms with Crippen molar-refractivity contribution in [2.24, 2.45) is 5.92 Å². The van der Waals surface area contributed by atoms with Crippen LogP contribution in [0.15, 0.2) is 0 Å². The Balaban J connectivity index is 2.76. The second-order valence-corrected chi connectivity index (χ2v) is 7.71. The van der Waals surface area contributed by atoms with Gasteiger partial charge in [0.05, 0.1) is 5.56 Å². The molecule has 0 bridgehead atoms. The van der Waals surface area contributed by atoms with Gasteiger partial charge < -0.3 is 25.5 Å². The Kier molecular flexibility index (Phi) is 4.87. The van der Waals surface area contributed by atoms with Crippen molar-refractivity contribution in [2.45, 2.75) is 50.7 Å². The molecule has 0 spiro atoms. The molecule has 0 amide bonds. The van der Waals surface area contributed by atoms with Gasteiger partial charge in [-0.2, -0.15) is 0 Å². The fraction of sp³-hybridized carbons (Fsp3) is 0.647. The van der Waals surface area contributed by atoms with Crippen LogP contribution in [-0.4, -0.2) is 50.3 Å². The SMILES string of the molecule is CC(C)CC(O)(N(C)C)C1(c2c(O)c(O)c(Cl)c(O)c2O)CCC1. The number of hydrogen-bond donors (Lipinski definition) is 5. The normalized spacial score (nSPS) is 19.3. The topological polar surface area (TPSA) is 104 Å². The molecule has 6 nitrogen and oxygen atoms in total. The molecule has 1 aliphatic rings. The first kappa shape index (κ1) is 19.0. The van der Waals surface area contributed by atoms with Gasteiger partial charge in [0.2, 0.25) is 0 Å². The Morgan fingerprint density at radius 1 is 1.04 bits per heavy atom. The van der Waals surface area contributed by atoms with Gasteiger partial charge in [0.15, 0.2) is 23.0 Å². The highest BCUT2D eigenvalue weighted by molar-refractivity contribution is 6.34. The standard InChI is InChI=1S/C17H26ClNO5/c1-9(2)8-17(24,19(3)4)16(6-5-7-16)10-12(20)14(22)11(18)15(23)13(10)21/h9,20-24H,5-8H2,1-4H3. The lowest BCUT2D eigenvalue weighted by Gasteiger charge is -2.57. The number of halogens is 1. The van der Waals surface area contributed by atoms with Crippen LogP contribution in [0.25, 0.3) is 0 Å². The molecule has 7 heteroatoms. The van der Waals surface area contributed by atoms with Crippen molar-refractivity contribution in [2.75, 3.05) is 14.1 Å². The molecule has 136 valence electrons. The lowest BCUT2D eigenvalue weighted by molar-refractivity contribution is -0.180. The largest absolute Gasteiger partial charge is 0.504 e. The van der Waals surface area contributed by atoms with Crippen molar-refractivity contribution in [1.29, 1.82) is 0 Å². The maximum Gasteiger partial charge on any atom is 0.180 e. The molecule has 1 aliphatic carbocycles. The summed E-state index contributed by atoms with van der Waals surface area (Å²) in [6.45, 7) is 3.94. The second kappa shape index (κ2) is 6.17. The number of nitrogens with zero attached hydrogens (tertiary/aromatic N) is 1. The third-order valence-electron chi connectivity index (χ3n) is 5.22. The minimum atomic E-state index is -1.37. The van der Waals surface area contributed by atoms with E-state index in [9.17, 15) is 25.5 Å². The zero-order chi connectivity index (χ0) is 18.4. The van der Waals surface area contributed by atoms with Crippen LogP contribution in [0.5, 0.6) is 23.0 Å². The summed E-state index contributed by atoms with van der Waals surface area (Å²) >= 11 is 5.74. The maximum atomic E-state index is 11.5. The molecule has 24 heavy (non-hydrogen) atoms. The predicted molar refractivity (Wildman–Crippen MR) is 91.7 cm³/mol. The van der Waals surface area contributed by atoms with E-state index in [0.717, 1.165) is 6.42 Å².